The van der Waals surface area contributed by atoms with E-state index >= 15 is 0 Å². The van der Waals surface area contributed by atoms with E-state index in [1.54, 1.807) is 12.1 Å². The van der Waals surface area contributed by atoms with Crippen molar-refractivity contribution in [3.63, 3.8) is 0 Å². The molecule has 112 valence electrons. The number of thioether (sulfide) groups is 1. The van der Waals surface area contributed by atoms with Crippen LogP contribution < -0.4 is 5.32 Å². The molecule has 0 spiro atoms. The maximum Gasteiger partial charge on any atom is 0.337 e. The molecule has 1 aromatic rings. The third kappa shape index (κ3) is 6.29. The molecular weight excluding hydrogens is 338 g/mol. The predicted molar refractivity (Wildman–Crippen MR) is 89.4 cm³/mol. The Morgan fingerprint density at radius 3 is 2.80 bits per heavy atom. The molecule has 0 saturated heterocycles. The molecule has 0 fully saturated rings. The molecule has 3 nitrogen and oxygen atoms in total. The molecule has 0 aliphatic heterocycles. The summed E-state index contributed by atoms with van der Waals surface area (Å²) in [5.41, 5.74) is 1.72. The summed E-state index contributed by atoms with van der Waals surface area (Å²) < 4.78 is 5.64. The van der Waals surface area contributed by atoms with Crippen molar-refractivity contribution in [2.75, 3.05) is 25.7 Å². The number of benzene rings is 1. The summed E-state index contributed by atoms with van der Waals surface area (Å²) in [4.78, 5) is 11.4. The lowest BCUT2D eigenvalue weighted by atomic mass is 10.1. The van der Waals surface area contributed by atoms with E-state index in [1.165, 1.54) is 32.1 Å². The Labute approximate surface area is 134 Å². The molecule has 0 aliphatic rings. The van der Waals surface area contributed by atoms with Crippen LogP contribution in [0.4, 0.5) is 0 Å². The van der Waals surface area contributed by atoms with Gasteiger partial charge < -0.3 is 10.1 Å². The van der Waals surface area contributed by atoms with Crippen molar-refractivity contribution >= 4 is 33.7 Å². The van der Waals surface area contributed by atoms with Crippen LogP contribution in [0.25, 0.3) is 0 Å². The highest BCUT2D eigenvalue weighted by atomic mass is 79.9. The number of hydrogen-bond donors (Lipinski definition) is 1. The lowest BCUT2D eigenvalue weighted by Gasteiger charge is -2.08. The van der Waals surface area contributed by atoms with E-state index < -0.39 is 0 Å². The van der Waals surface area contributed by atoms with Crippen LogP contribution in [0, 0.1) is 0 Å². The summed E-state index contributed by atoms with van der Waals surface area (Å²) in [5, 5.41) is 3.43. The minimum Gasteiger partial charge on any atom is -0.465 e. The van der Waals surface area contributed by atoms with Gasteiger partial charge in [-0.05, 0) is 49.1 Å². The van der Waals surface area contributed by atoms with Crippen molar-refractivity contribution in [2.24, 2.45) is 0 Å². The second-order valence-corrected chi connectivity index (χ2v) is 6.37. The number of ether oxygens (including phenoxy) is 1. The van der Waals surface area contributed by atoms with Gasteiger partial charge in [0.1, 0.15) is 0 Å². The van der Waals surface area contributed by atoms with Gasteiger partial charge in [-0.3, -0.25) is 0 Å². The van der Waals surface area contributed by atoms with E-state index in [0.717, 1.165) is 23.1 Å². The summed E-state index contributed by atoms with van der Waals surface area (Å²) in [7, 11) is 1.39. The number of esters is 1. The molecule has 0 heterocycles. The molecule has 0 atom stereocenters. The van der Waals surface area contributed by atoms with Crippen LogP contribution in [0.3, 0.4) is 0 Å². The Morgan fingerprint density at radius 2 is 2.15 bits per heavy atom. The van der Waals surface area contributed by atoms with Crippen molar-refractivity contribution in [2.45, 2.75) is 25.8 Å². The summed E-state index contributed by atoms with van der Waals surface area (Å²) >= 11 is 5.40. The van der Waals surface area contributed by atoms with Crippen LogP contribution >= 0.6 is 27.7 Å². The highest BCUT2D eigenvalue weighted by molar-refractivity contribution is 9.10. The Bertz CT molecular complexity index is 426. The second kappa shape index (κ2) is 10.2. The summed E-state index contributed by atoms with van der Waals surface area (Å²) in [5.74, 6) is 0.944. The van der Waals surface area contributed by atoms with Gasteiger partial charge in [0.05, 0.1) is 12.7 Å². The number of carbonyl (C=O) groups is 1. The molecule has 5 heteroatoms. The number of hydrogen-bond acceptors (Lipinski definition) is 4. The smallest absolute Gasteiger partial charge is 0.337 e. The van der Waals surface area contributed by atoms with Crippen molar-refractivity contribution < 1.29 is 9.53 Å². The fourth-order valence-electron chi connectivity index (χ4n) is 1.83. The molecule has 0 unspecified atom stereocenters. The fraction of sp³-hybridized carbons (Fsp3) is 0.533. The molecule has 0 aliphatic carbocycles. The zero-order chi connectivity index (χ0) is 14.8. The van der Waals surface area contributed by atoms with Gasteiger partial charge in [0, 0.05) is 11.0 Å². The lowest BCUT2D eigenvalue weighted by Crippen LogP contribution is -2.15. The normalized spacial score (nSPS) is 10.6. The average Bonchev–Trinajstić information content (AvgIpc) is 2.46. The van der Waals surface area contributed by atoms with Gasteiger partial charge in [-0.2, -0.15) is 11.8 Å². The van der Waals surface area contributed by atoms with Crippen molar-refractivity contribution in [3.05, 3.63) is 33.8 Å². The van der Waals surface area contributed by atoms with Crippen LogP contribution in [0.2, 0.25) is 0 Å². The molecule has 1 rings (SSSR count). The minimum absolute atomic E-state index is 0.306. The van der Waals surface area contributed by atoms with E-state index in [-0.39, 0.29) is 5.97 Å². The lowest BCUT2D eigenvalue weighted by molar-refractivity contribution is 0.0600. The van der Waals surface area contributed by atoms with E-state index in [0.29, 0.717) is 5.56 Å². The third-order valence-corrected chi connectivity index (χ3v) is 4.43. The number of methoxy groups -OCH3 is 1. The first-order valence-corrected chi connectivity index (χ1v) is 8.94. The summed E-state index contributed by atoms with van der Waals surface area (Å²) in [6.07, 6.45) is 5.92. The molecule has 0 amide bonds. The molecule has 1 aromatic carbocycles. The number of halogens is 1. The average molecular weight is 360 g/mol. The molecule has 0 saturated carbocycles. The Morgan fingerprint density at radius 1 is 1.35 bits per heavy atom. The molecule has 20 heavy (non-hydrogen) atoms. The standard InChI is InChI=1S/C15H22BrNO2S/c1-19-15(18)12-6-7-13(14(16)10-12)11-17-8-4-3-5-9-20-2/h6-7,10,17H,3-5,8-9,11H2,1-2H3. The Hall–Kier alpha value is -0.520. The van der Waals surface area contributed by atoms with Gasteiger partial charge in [-0.25, -0.2) is 4.79 Å². The van der Waals surface area contributed by atoms with Crippen molar-refractivity contribution in [1.29, 1.82) is 0 Å². The second-order valence-electron chi connectivity index (χ2n) is 4.53. The monoisotopic (exact) mass is 359 g/mol. The zero-order valence-corrected chi connectivity index (χ0v) is 14.5. The first-order chi connectivity index (χ1) is 9.69. The van der Waals surface area contributed by atoms with Gasteiger partial charge in [0.2, 0.25) is 0 Å². The van der Waals surface area contributed by atoms with Gasteiger partial charge in [-0.15, -0.1) is 0 Å². The first kappa shape index (κ1) is 17.5. The van der Waals surface area contributed by atoms with E-state index in [1.807, 2.05) is 17.8 Å². The summed E-state index contributed by atoms with van der Waals surface area (Å²) in [6, 6.07) is 5.56. The quantitative estimate of drug-likeness (QED) is 0.536. The van der Waals surface area contributed by atoms with Gasteiger partial charge in [0.15, 0.2) is 0 Å². The predicted octanol–water partition coefficient (Wildman–Crippen LogP) is 3.86. The zero-order valence-electron chi connectivity index (χ0n) is 12.1. The Kier molecular flexibility index (Phi) is 8.98. The number of nitrogens with one attached hydrogen (secondary N) is 1. The van der Waals surface area contributed by atoms with Gasteiger partial charge >= 0.3 is 5.97 Å². The number of unbranched alkanes of at least 4 members (excludes halogenated alkanes) is 2. The maximum atomic E-state index is 11.4. The van der Waals surface area contributed by atoms with E-state index in [2.05, 4.69) is 27.5 Å². The van der Waals surface area contributed by atoms with Crippen molar-refractivity contribution in [1.82, 2.24) is 5.32 Å². The molecular formula is C15H22BrNO2S. The molecule has 0 radical (unpaired) electrons. The minimum atomic E-state index is -0.306. The van der Waals surface area contributed by atoms with Crippen LogP contribution in [0.5, 0.6) is 0 Å². The topological polar surface area (TPSA) is 38.3 Å². The van der Waals surface area contributed by atoms with E-state index in [4.69, 9.17) is 4.74 Å². The van der Waals surface area contributed by atoms with Crippen LogP contribution in [0.15, 0.2) is 22.7 Å². The van der Waals surface area contributed by atoms with Gasteiger partial charge in [0.25, 0.3) is 0 Å². The highest BCUT2D eigenvalue weighted by Crippen LogP contribution is 2.19. The molecule has 0 bridgehead atoms. The largest absolute Gasteiger partial charge is 0.465 e. The first-order valence-electron chi connectivity index (χ1n) is 6.75. The SMILES string of the molecule is COC(=O)c1ccc(CNCCCCCSC)c(Br)c1. The van der Waals surface area contributed by atoms with Gasteiger partial charge in [-0.1, -0.05) is 28.4 Å². The maximum absolute atomic E-state index is 11.4. The van der Waals surface area contributed by atoms with E-state index in [9.17, 15) is 4.79 Å². The molecule has 1 N–H and O–H groups in total. The third-order valence-electron chi connectivity index (χ3n) is 2.99. The van der Waals surface area contributed by atoms with Crippen LogP contribution in [-0.2, 0) is 11.3 Å². The van der Waals surface area contributed by atoms with Crippen LogP contribution in [-0.4, -0.2) is 31.6 Å². The highest BCUT2D eigenvalue weighted by Gasteiger charge is 2.07. The summed E-state index contributed by atoms with van der Waals surface area (Å²) in [6.45, 7) is 1.84. The number of carbonyl (C=O) groups excluding carboxylic acids is 1. The molecule has 0 aromatic heterocycles. The fourth-order valence-corrected chi connectivity index (χ4v) is 2.84. The number of rotatable bonds is 9. The van der Waals surface area contributed by atoms with Crippen LogP contribution in [0.1, 0.15) is 35.2 Å². The van der Waals surface area contributed by atoms with Crippen molar-refractivity contribution in [3.8, 4) is 0 Å². The Balaban J connectivity index is 2.32.